The van der Waals surface area contributed by atoms with Crippen molar-refractivity contribution in [1.29, 1.82) is 0 Å². The lowest BCUT2D eigenvalue weighted by atomic mass is 9.87. The second kappa shape index (κ2) is 5.33. The van der Waals surface area contributed by atoms with Crippen LogP contribution in [0.5, 0.6) is 5.75 Å². The summed E-state index contributed by atoms with van der Waals surface area (Å²) in [5.74, 6) is -0.145. The molecule has 0 aliphatic heterocycles. The number of rotatable bonds is 2. The van der Waals surface area contributed by atoms with Gasteiger partial charge in [-0.25, -0.2) is 4.39 Å². The first-order chi connectivity index (χ1) is 9.63. The first-order valence-electron chi connectivity index (χ1n) is 6.67. The Bertz CT molecular complexity index is 644. The minimum atomic E-state index is -0.418. The largest absolute Gasteiger partial charge is 0.508 e. The van der Waals surface area contributed by atoms with Crippen LogP contribution < -0.4 is 5.32 Å². The molecule has 1 aliphatic carbocycles. The molecule has 104 valence electrons. The van der Waals surface area contributed by atoms with Gasteiger partial charge in [0.1, 0.15) is 11.6 Å². The fraction of sp³-hybridized carbons (Fsp3) is 0.250. The third-order valence-corrected chi connectivity index (χ3v) is 3.99. The van der Waals surface area contributed by atoms with Gasteiger partial charge in [0.25, 0.3) is 0 Å². The van der Waals surface area contributed by atoms with Crippen LogP contribution in [0.2, 0.25) is 5.02 Å². The van der Waals surface area contributed by atoms with Gasteiger partial charge in [0, 0.05) is 5.69 Å². The van der Waals surface area contributed by atoms with Crippen LogP contribution in [0.25, 0.3) is 0 Å². The summed E-state index contributed by atoms with van der Waals surface area (Å²) in [6.45, 7) is 0. The van der Waals surface area contributed by atoms with Crippen molar-refractivity contribution in [3.63, 3.8) is 0 Å². The number of fused-ring (bicyclic) bond motifs is 1. The van der Waals surface area contributed by atoms with Gasteiger partial charge in [0.15, 0.2) is 0 Å². The minimum Gasteiger partial charge on any atom is -0.508 e. The fourth-order valence-electron chi connectivity index (χ4n) is 2.72. The molecule has 1 atom stereocenters. The van der Waals surface area contributed by atoms with E-state index in [0.29, 0.717) is 0 Å². The Morgan fingerprint density at radius 3 is 2.85 bits per heavy atom. The van der Waals surface area contributed by atoms with Gasteiger partial charge in [-0.1, -0.05) is 17.7 Å². The van der Waals surface area contributed by atoms with Gasteiger partial charge in [-0.2, -0.15) is 0 Å². The zero-order valence-electron chi connectivity index (χ0n) is 10.9. The maximum atomic E-state index is 13.2. The highest BCUT2D eigenvalue weighted by Gasteiger charge is 2.20. The maximum absolute atomic E-state index is 13.2. The summed E-state index contributed by atoms with van der Waals surface area (Å²) in [6, 6.07) is 10.2. The molecule has 1 unspecified atom stereocenters. The number of hydrogen-bond acceptors (Lipinski definition) is 2. The van der Waals surface area contributed by atoms with Gasteiger partial charge in [0.05, 0.1) is 11.1 Å². The molecule has 2 aromatic carbocycles. The van der Waals surface area contributed by atoms with E-state index in [0.717, 1.165) is 30.5 Å². The highest BCUT2D eigenvalue weighted by Crippen LogP contribution is 2.35. The number of phenolic OH excluding ortho intramolecular Hbond substituents is 1. The lowest BCUT2D eigenvalue weighted by Gasteiger charge is -2.27. The highest BCUT2D eigenvalue weighted by atomic mass is 35.5. The average molecular weight is 292 g/mol. The van der Waals surface area contributed by atoms with Crippen molar-refractivity contribution < 1.29 is 9.50 Å². The second-order valence-corrected chi connectivity index (χ2v) is 5.51. The molecular formula is C16H15ClFNO. The van der Waals surface area contributed by atoms with Crippen molar-refractivity contribution in [2.45, 2.75) is 25.3 Å². The summed E-state index contributed by atoms with van der Waals surface area (Å²) in [5, 5.41) is 13.1. The Kier molecular flexibility index (Phi) is 3.53. The summed E-state index contributed by atoms with van der Waals surface area (Å²) < 4.78 is 13.2. The van der Waals surface area contributed by atoms with Crippen molar-refractivity contribution in [3.8, 4) is 5.75 Å². The number of nitrogens with one attached hydrogen (secondary N) is 1. The van der Waals surface area contributed by atoms with Crippen LogP contribution in [0.4, 0.5) is 10.1 Å². The third kappa shape index (κ3) is 2.59. The molecule has 4 heteroatoms. The second-order valence-electron chi connectivity index (χ2n) is 5.10. The first-order valence-corrected chi connectivity index (χ1v) is 7.04. The number of aryl methyl sites for hydroxylation is 1. The number of phenols is 1. The van der Waals surface area contributed by atoms with Gasteiger partial charge in [0.2, 0.25) is 0 Å². The molecular weight excluding hydrogens is 277 g/mol. The van der Waals surface area contributed by atoms with E-state index in [2.05, 4.69) is 5.32 Å². The summed E-state index contributed by atoms with van der Waals surface area (Å²) in [5.41, 5.74) is 3.15. The van der Waals surface area contributed by atoms with Crippen LogP contribution in [0.15, 0.2) is 36.4 Å². The zero-order chi connectivity index (χ0) is 14.1. The minimum absolute atomic E-state index is 0.113. The molecule has 1 aliphatic rings. The molecule has 0 fully saturated rings. The van der Waals surface area contributed by atoms with Crippen molar-refractivity contribution in [3.05, 3.63) is 58.4 Å². The predicted octanol–water partition coefficient (Wildman–Crippen LogP) is 4.67. The Balaban J connectivity index is 1.89. The summed E-state index contributed by atoms with van der Waals surface area (Å²) >= 11 is 5.80. The quantitative estimate of drug-likeness (QED) is 0.842. The highest BCUT2D eigenvalue weighted by molar-refractivity contribution is 6.31. The van der Waals surface area contributed by atoms with Gasteiger partial charge in [-0.05, 0) is 60.7 Å². The molecule has 0 heterocycles. The van der Waals surface area contributed by atoms with E-state index in [-0.39, 0.29) is 16.8 Å². The van der Waals surface area contributed by atoms with Gasteiger partial charge in [-0.3, -0.25) is 0 Å². The number of anilines is 1. The molecule has 0 radical (unpaired) electrons. The summed E-state index contributed by atoms with van der Waals surface area (Å²) in [7, 11) is 0. The molecule has 0 amide bonds. The van der Waals surface area contributed by atoms with E-state index < -0.39 is 5.82 Å². The molecule has 0 spiro atoms. The van der Waals surface area contributed by atoms with Crippen LogP contribution in [0, 0.1) is 5.82 Å². The molecule has 0 aromatic heterocycles. The topological polar surface area (TPSA) is 32.3 Å². The van der Waals surface area contributed by atoms with E-state index in [9.17, 15) is 9.50 Å². The van der Waals surface area contributed by atoms with Gasteiger partial charge in [-0.15, -0.1) is 0 Å². The number of aromatic hydroxyl groups is 1. The Morgan fingerprint density at radius 1 is 1.20 bits per heavy atom. The van der Waals surface area contributed by atoms with E-state index in [1.54, 1.807) is 24.3 Å². The third-order valence-electron chi connectivity index (χ3n) is 3.70. The Labute approximate surface area is 122 Å². The van der Waals surface area contributed by atoms with E-state index in [1.165, 1.54) is 11.6 Å². The molecule has 3 rings (SSSR count). The number of hydrogen-bond donors (Lipinski definition) is 2. The maximum Gasteiger partial charge on any atom is 0.141 e. The van der Waals surface area contributed by atoms with Crippen molar-refractivity contribution in [1.82, 2.24) is 0 Å². The SMILES string of the molecule is Oc1ccc2c(c1)C(Nc1ccc(F)c(Cl)c1)CCC2. The van der Waals surface area contributed by atoms with Crippen LogP contribution in [0.1, 0.15) is 30.0 Å². The lowest BCUT2D eigenvalue weighted by molar-refractivity contribution is 0.471. The number of benzene rings is 2. The molecule has 2 N–H and O–H groups in total. The van der Waals surface area contributed by atoms with Crippen molar-refractivity contribution >= 4 is 17.3 Å². The molecule has 0 saturated carbocycles. The summed E-state index contributed by atoms with van der Waals surface area (Å²) in [6.07, 6.45) is 3.09. The zero-order valence-corrected chi connectivity index (χ0v) is 11.6. The van der Waals surface area contributed by atoms with Gasteiger partial charge >= 0.3 is 0 Å². The fourth-order valence-corrected chi connectivity index (χ4v) is 2.90. The monoisotopic (exact) mass is 291 g/mol. The molecule has 0 bridgehead atoms. The van der Waals surface area contributed by atoms with Crippen molar-refractivity contribution in [2.75, 3.05) is 5.32 Å². The smallest absolute Gasteiger partial charge is 0.141 e. The van der Waals surface area contributed by atoms with Crippen LogP contribution >= 0.6 is 11.6 Å². The Hall–Kier alpha value is -1.74. The van der Waals surface area contributed by atoms with Crippen LogP contribution in [0.3, 0.4) is 0 Å². The van der Waals surface area contributed by atoms with E-state index >= 15 is 0 Å². The molecule has 2 nitrogen and oxygen atoms in total. The molecule has 2 aromatic rings. The summed E-state index contributed by atoms with van der Waals surface area (Å²) in [4.78, 5) is 0. The van der Waals surface area contributed by atoms with Crippen LogP contribution in [-0.4, -0.2) is 5.11 Å². The first kappa shape index (κ1) is 13.3. The van der Waals surface area contributed by atoms with Crippen LogP contribution in [-0.2, 0) is 6.42 Å². The molecule has 0 saturated heterocycles. The number of halogens is 2. The standard InChI is InChI=1S/C16H15ClFNO/c17-14-8-11(5-7-15(14)18)19-16-3-1-2-10-4-6-12(20)9-13(10)16/h4-9,16,19-20H,1-3H2. The predicted molar refractivity (Wildman–Crippen MR) is 78.8 cm³/mol. The molecule has 20 heavy (non-hydrogen) atoms. The van der Waals surface area contributed by atoms with Crippen molar-refractivity contribution in [2.24, 2.45) is 0 Å². The van der Waals surface area contributed by atoms with E-state index in [4.69, 9.17) is 11.6 Å². The lowest BCUT2D eigenvalue weighted by Crippen LogP contribution is -2.17. The van der Waals surface area contributed by atoms with Gasteiger partial charge < -0.3 is 10.4 Å². The van der Waals surface area contributed by atoms with E-state index in [1.807, 2.05) is 6.07 Å². The average Bonchev–Trinajstić information content (AvgIpc) is 2.44. The normalized spacial score (nSPS) is 17.6. The Morgan fingerprint density at radius 2 is 2.05 bits per heavy atom.